The molecule has 1 heterocycles. The van der Waals surface area contributed by atoms with Gasteiger partial charge in [0.1, 0.15) is 0 Å². The Kier molecular flexibility index (Phi) is 8.02. The molecule has 0 aliphatic heterocycles. The summed E-state index contributed by atoms with van der Waals surface area (Å²) < 4.78 is 2.46. The van der Waals surface area contributed by atoms with E-state index in [0.717, 1.165) is 42.7 Å². The van der Waals surface area contributed by atoms with Crippen molar-refractivity contribution in [2.24, 2.45) is 0 Å². The lowest BCUT2D eigenvalue weighted by molar-refractivity contribution is 0.508. The van der Waals surface area contributed by atoms with Crippen LogP contribution >= 0.6 is 0 Å². The van der Waals surface area contributed by atoms with Crippen LogP contribution in [0.25, 0.3) is 38.3 Å². The molecule has 10 aromatic rings. The summed E-state index contributed by atoms with van der Waals surface area (Å²) >= 11 is 0. The van der Waals surface area contributed by atoms with Crippen molar-refractivity contribution >= 4 is 66.7 Å². The molecule has 0 bridgehead atoms. The minimum Gasteiger partial charge on any atom is -0.310 e. The summed E-state index contributed by atoms with van der Waals surface area (Å²) in [5.41, 5.74) is 16.5. The number of hydrogen-bond donors (Lipinski definition) is 0. The lowest BCUT2D eigenvalue weighted by Gasteiger charge is -2.37. The monoisotopic (exact) mass is 769 g/mol. The molecule has 286 valence electrons. The predicted octanol–water partition coefficient (Wildman–Crippen LogP) is 15.1. The van der Waals surface area contributed by atoms with E-state index in [1.54, 1.807) is 0 Å². The van der Waals surface area contributed by atoms with E-state index in [2.05, 4.69) is 227 Å². The lowest BCUT2D eigenvalue weighted by atomic mass is 9.74. The zero-order chi connectivity index (χ0) is 39.6. The summed E-state index contributed by atoms with van der Waals surface area (Å²) in [5.74, 6) is 0. The van der Waals surface area contributed by atoms with Gasteiger partial charge >= 0.3 is 0 Å². The van der Waals surface area contributed by atoms with Gasteiger partial charge in [0.15, 0.2) is 0 Å². The third-order valence-electron chi connectivity index (χ3n) is 13.3. The number of para-hydroxylation sites is 4. The molecule has 0 N–H and O–H groups in total. The van der Waals surface area contributed by atoms with E-state index in [0.29, 0.717) is 0 Å². The molecule has 2 aliphatic rings. The highest BCUT2D eigenvalue weighted by Crippen LogP contribution is 2.60. The highest BCUT2D eigenvalue weighted by atomic mass is 15.2. The SMILES string of the molecule is c1ccc(N(c2ccccc2)c2cccc3c2[C@@]2(CC3)CCc3cccc(N(c4ccccc4)c4ccc5c6cc7ccccc7cc6n(-c6ccccc6)c5c4)c32)cc1. The summed E-state index contributed by atoms with van der Waals surface area (Å²) in [5, 5.41) is 5.02. The van der Waals surface area contributed by atoms with Crippen molar-refractivity contribution in [2.75, 3.05) is 9.80 Å². The zero-order valence-corrected chi connectivity index (χ0v) is 33.4. The van der Waals surface area contributed by atoms with Gasteiger partial charge in [-0.3, -0.25) is 0 Å². The van der Waals surface area contributed by atoms with Crippen molar-refractivity contribution in [3.8, 4) is 5.69 Å². The van der Waals surface area contributed by atoms with Gasteiger partial charge in [0.2, 0.25) is 0 Å². The number of aromatic nitrogens is 1. The number of rotatable bonds is 7. The molecule has 1 spiro atoms. The Morgan fingerprint density at radius 1 is 0.367 bits per heavy atom. The van der Waals surface area contributed by atoms with Gasteiger partial charge in [0, 0.05) is 44.6 Å². The summed E-state index contributed by atoms with van der Waals surface area (Å²) in [4.78, 5) is 5.03. The number of aryl methyl sites for hydroxylation is 2. The van der Waals surface area contributed by atoms with Crippen molar-refractivity contribution in [3.05, 3.63) is 235 Å². The average Bonchev–Trinajstić information content (AvgIpc) is 3.99. The molecule has 60 heavy (non-hydrogen) atoms. The van der Waals surface area contributed by atoms with Gasteiger partial charge in [-0.25, -0.2) is 0 Å². The molecule has 0 amide bonds. The van der Waals surface area contributed by atoms with Crippen LogP contribution in [0.3, 0.4) is 0 Å². The molecule has 9 aromatic carbocycles. The van der Waals surface area contributed by atoms with Crippen molar-refractivity contribution in [1.29, 1.82) is 0 Å². The highest BCUT2D eigenvalue weighted by Gasteiger charge is 2.49. The van der Waals surface area contributed by atoms with Crippen LogP contribution in [-0.4, -0.2) is 4.57 Å². The smallest absolute Gasteiger partial charge is 0.0561 e. The molecule has 3 heteroatoms. The van der Waals surface area contributed by atoms with Gasteiger partial charge in [-0.05, 0) is 144 Å². The summed E-state index contributed by atoms with van der Waals surface area (Å²) in [7, 11) is 0. The quantitative estimate of drug-likeness (QED) is 0.160. The summed E-state index contributed by atoms with van der Waals surface area (Å²) in [6.45, 7) is 0. The largest absolute Gasteiger partial charge is 0.310 e. The zero-order valence-electron chi connectivity index (χ0n) is 33.4. The number of benzene rings is 9. The van der Waals surface area contributed by atoms with E-state index in [-0.39, 0.29) is 5.41 Å². The van der Waals surface area contributed by atoms with Crippen LogP contribution < -0.4 is 9.80 Å². The van der Waals surface area contributed by atoms with Crippen LogP contribution in [0.2, 0.25) is 0 Å². The van der Waals surface area contributed by atoms with Gasteiger partial charge in [-0.2, -0.15) is 0 Å². The van der Waals surface area contributed by atoms with Crippen LogP contribution in [0.4, 0.5) is 34.1 Å². The number of nitrogens with zero attached hydrogens (tertiary/aromatic N) is 3. The normalized spacial score (nSPS) is 15.5. The van der Waals surface area contributed by atoms with Crippen molar-refractivity contribution in [3.63, 3.8) is 0 Å². The maximum atomic E-state index is 2.54. The van der Waals surface area contributed by atoms with E-state index >= 15 is 0 Å². The minimum absolute atomic E-state index is 0.157. The topological polar surface area (TPSA) is 11.4 Å². The summed E-state index contributed by atoms with van der Waals surface area (Å²) in [6, 6.07) is 78.4. The minimum atomic E-state index is -0.157. The molecule has 1 atom stereocenters. The Morgan fingerprint density at radius 2 is 0.833 bits per heavy atom. The van der Waals surface area contributed by atoms with Crippen LogP contribution in [0, 0.1) is 0 Å². The Bertz CT molecular complexity index is 3160. The Hall–Kier alpha value is -7.36. The standard InChI is InChI=1S/C57H43N3/c1-5-21-44(22-6-1)58(45-23-7-2-8-24-45)51-29-15-19-40-33-35-57(55(40)51)36-34-41-20-16-30-52(56(41)57)59(46-25-9-3-10-26-46)48-31-32-49-50-37-42-17-13-14-18-43(42)38-53(50)60(54(49)39-48)47-27-11-4-12-28-47/h1-32,37-39H,33-36H2/t57-/m1/s1. The second-order valence-electron chi connectivity index (χ2n) is 16.5. The fourth-order valence-electron chi connectivity index (χ4n) is 10.8. The van der Waals surface area contributed by atoms with Crippen LogP contribution in [0.15, 0.2) is 212 Å². The maximum Gasteiger partial charge on any atom is 0.0561 e. The molecule has 0 fully saturated rings. The van der Waals surface area contributed by atoms with Gasteiger partial charge in [0.05, 0.1) is 22.4 Å². The second kappa shape index (κ2) is 13.9. The first-order valence-electron chi connectivity index (χ1n) is 21.3. The molecule has 0 unspecified atom stereocenters. The van der Waals surface area contributed by atoms with Gasteiger partial charge < -0.3 is 14.4 Å². The van der Waals surface area contributed by atoms with Crippen LogP contribution in [0.5, 0.6) is 0 Å². The highest BCUT2D eigenvalue weighted by molar-refractivity contribution is 6.14. The summed E-state index contributed by atoms with van der Waals surface area (Å²) in [6.07, 6.45) is 4.26. The van der Waals surface area contributed by atoms with Crippen molar-refractivity contribution in [1.82, 2.24) is 4.57 Å². The fourth-order valence-corrected chi connectivity index (χ4v) is 10.8. The molecule has 2 aliphatic carbocycles. The van der Waals surface area contributed by atoms with Gasteiger partial charge in [0.25, 0.3) is 0 Å². The Balaban J connectivity index is 1.10. The molecule has 12 rings (SSSR count). The van der Waals surface area contributed by atoms with Crippen LogP contribution in [0.1, 0.15) is 35.1 Å². The Labute approximate surface area is 351 Å². The lowest BCUT2D eigenvalue weighted by Crippen LogP contribution is -2.27. The fraction of sp³-hybridized carbons (Fsp3) is 0.0877. The number of fused-ring (bicyclic) bond motifs is 8. The first kappa shape index (κ1) is 34.7. The first-order valence-corrected chi connectivity index (χ1v) is 21.3. The van der Waals surface area contributed by atoms with Gasteiger partial charge in [-0.1, -0.05) is 127 Å². The molecule has 3 nitrogen and oxygen atoms in total. The average molecular weight is 770 g/mol. The van der Waals surface area contributed by atoms with E-state index < -0.39 is 0 Å². The second-order valence-corrected chi connectivity index (χ2v) is 16.5. The number of anilines is 6. The van der Waals surface area contributed by atoms with E-state index in [1.165, 1.54) is 77.6 Å². The molecule has 0 saturated heterocycles. The third kappa shape index (κ3) is 5.36. The number of hydrogen-bond acceptors (Lipinski definition) is 2. The van der Waals surface area contributed by atoms with Crippen molar-refractivity contribution in [2.45, 2.75) is 31.1 Å². The Morgan fingerprint density at radius 3 is 1.38 bits per heavy atom. The predicted molar refractivity (Wildman–Crippen MR) is 252 cm³/mol. The van der Waals surface area contributed by atoms with E-state index in [1.807, 2.05) is 0 Å². The maximum absolute atomic E-state index is 2.54. The first-order chi connectivity index (χ1) is 29.7. The molecular weight excluding hydrogens is 727 g/mol. The molecule has 0 saturated carbocycles. The molecular formula is C57H43N3. The van der Waals surface area contributed by atoms with E-state index in [9.17, 15) is 0 Å². The van der Waals surface area contributed by atoms with Crippen molar-refractivity contribution < 1.29 is 0 Å². The molecule has 0 radical (unpaired) electrons. The molecule has 1 aromatic heterocycles. The van der Waals surface area contributed by atoms with E-state index in [4.69, 9.17) is 0 Å². The third-order valence-corrected chi connectivity index (χ3v) is 13.3. The van der Waals surface area contributed by atoms with Crippen LogP contribution in [-0.2, 0) is 18.3 Å². The van der Waals surface area contributed by atoms with Gasteiger partial charge in [-0.15, -0.1) is 0 Å².